The highest BCUT2D eigenvalue weighted by atomic mass is 16.6. The number of hydrogen-bond acceptors (Lipinski definition) is 4. The summed E-state index contributed by atoms with van der Waals surface area (Å²) in [5.74, 6) is 9.46. The van der Waals surface area contributed by atoms with Crippen LogP contribution in [0, 0.1) is 23.7 Å². The monoisotopic (exact) mass is 583 g/mol. The van der Waals surface area contributed by atoms with Crippen LogP contribution in [0.3, 0.4) is 0 Å². The summed E-state index contributed by atoms with van der Waals surface area (Å²) in [7, 11) is 0. The first-order valence-corrected chi connectivity index (χ1v) is 15.7. The van der Waals surface area contributed by atoms with Crippen molar-refractivity contribution in [3.63, 3.8) is 0 Å². The number of nitrogens with zero attached hydrogens (tertiary/aromatic N) is 3. The largest absolute Gasteiger partial charge is 0.444 e. The topological polar surface area (TPSA) is 104 Å². The number of piperidine rings is 1. The van der Waals surface area contributed by atoms with Crippen LogP contribution in [-0.2, 0) is 4.74 Å². The Labute approximate surface area is 255 Å². The summed E-state index contributed by atoms with van der Waals surface area (Å²) in [6.45, 7) is 5.66. The molecular formula is C36H35N6O2+. The molecule has 2 unspecified atom stereocenters. The molecule has 4 aliphatic rings. The lowest BCUT2D eigenvalue weighted by Crippen LogP contribution is -2.84. The predicted molar refractivity (Wildman–Crippen MR) is 168 cm³/mol. The van der Waals surface area contributed by atoms with Gasteiger partial charge in [-0.15, -0.1) is 0 Å². The van der Waals surface area contributed by atoms with Gasteiger partial charge in [-0.2, -0.15) is 0 Å². The highest BCUT2D eigenvalue weighted by molar-refractivity contribution is 6.05. The maximum absolute atomic E-state index is 13.1. The Hall–Kier alpha value is -4.61. The Morgan fingerprint density at radius 2 is 1.77 bits per heavy atom. The quantitative estimate of drug-likeness (QED) is 0.231. The SMILES string of the molecule is CC(C)(C)OC(=O)N1C2CC2C#C[C@H]1c1ncc(-c2ccc(-c3ccc4c(ccc5[nH]c([C@@H]6C[C@H]7C[C@H]7[NH2+]6)nc54)c3)cc2)[nH]1. The number of hydrogen-bond donors (Lipinski definition) is 3. The summed E-state index contributed by atoms with van der Waals surface area (Å²) in [6.07, 6.45) is 4.99. The normalized spacial score (nSPS) is 26.7. The number of H-pyrrole nitrogens is 2. The number of carbonyl (C=O) groups excluding carboxylic acids is 1. The van der Waals surface area contributed by atoms with E-state index < -0.39 is 11.6 Å². The van der Waals surface area contributed by atoms with Gasteiger partial charge in [0.2, 0.25) is 0 Å². The first-order valence-electron chi connectivity index (χ1n) is 15.7. The zero-order chi connectivity index (χ0) is 29.7. The lowest BCUT2D eigenvalue weighted by molar-refractivity contribution is -0.696. The van der Waals surface area contributed by atoms with Crippen LogP contribution in [0.1, 0.15) is 63.8 Å². The molecule has 4 N–H and O–H groups in total. The fourth-order valence-electron chi connectivity index (χ4n) is 7.17. The van der Waals surface area contributed by atoms with Gasteiger partial charge in [-0.1, -0.05) is 54.3 Å². The Bertz CT molecular complexity index is 2010. The van der Waals surface area contributed by atoms with Gasteiger partial charge in [0.1, 0.15) is 17.5 Å². The Balaban J connectivity index is 0.958. The van der Waals surface area contributed by atoms with Crippen LogP contribution in [-0.4, -0.2) is 48.6 Å². The molecule has 4 heterocycles. The number of aromatic amines is 2. The smallest absolute Gasteiger partial charge is 0.411 e. The highest BCUT2D eigenvalue weighted by Crippen LogP contribution is 2.44. The third-order valence-corrected chi connectivity index (χ3v) is 9.64. The molecule has 0 bridgehead atoms. The number of benzene rings is 3. The van der Waals surface area contributed by atoms with Crippen molar-refractivity contribution in [3.8, 4) is 34.2 Å². The van der Waals surface area contributed by atoms with E-state index in [9.17, 15) is 4.79 Å². The molecule has 1 saturated heterocycles. The predicted octanol–water partition coefficient (Wildman–Crippen LogP) is 5.85. The van der Waals surface area contributed by atoms with Crippen LogP contribution >= 0.6 is 0 Å². The van der Waals surface area contributed by atoms with Gasteiger partial charge in [-0.3, -0.25) is 4.90 Å². The number of imidazole rings is 2. The van der Waals surface area contributed by atoms with Crippen LogP contribution in [0.2, 0.25) is 0 Å². The molecule has 2 aromatic heterocycles. The lowest BCUT2D eigenvalue weighted by Gasteiger charge is -2.31. The Kier molecular flexibility index (Phi) is 5.40. The van der Waals surface area contributed by atoms with Crippen molar-refractivity contribution in [2.24, 2.45) is 11.8 Å². The molecule has 1 amide bonds. The summed E-state index contributed by atoms with van der Waals surface area (Å²) in [5, 5.41) is 4.87. The van der Waals surface area contributed by atoms with E-state index in [2.05, 4.69) is 86.7 Å². The van der Waals surface area contributed by atoms with E-state index in [1.165, 1.54) is 23.6 Å². The molecule has 5 aromatic rings. The summed E-state index contributed by atoms with van der Waals surface area (Å²) in [4.78, 5) is 31.6. The molecule has 8 heteroatoms. The standard InChI is InChI=1S/C36H34N6O2/c1-36(2,3)44-35(43)42-30(13-10-23-17-31(23)42)34-37-18-29(40-34)20-6-4-19(5-7-20)21-8-11-25-22(14-21)9-12-26-32(25)41-33(39-26)28-16-24-15-27(24)38-28/h4-9,11-12,14,18,23-24,27-28,30-31,38H,15-17H2,1-3H3,(H,37,40)(H,39,41)/p+1/t23?,24-,27-,28+,30+,31?/m1/s1. The molecule has 220 valence electrons. The van der Waals surface area contributed by atoms with Crippen molar-refractivity contribution in [2.75, 3.05) is 0 Å². The Morgan fingerprint density at radius 3 is 2.57 bits per heavy atom. The molecule has 6 atom stereocenters. The second-order valence-corrected chi connectivity index (χ2v) is 14.0. The minimum absolute atomic E-state index is 0.0911. The number of amides is 1. The van der Waals surface area contributed by atoms with Gasteiger partial charge >= 0.3 is 6.09 Å². The van der Waals surface area contributed by atoms with Crippen LogP contribution < -0.4 is 5.32 Å². The number of rotatable bonds is 4. The first-order chi connectivity index (χ1) is 21.3. The maximum Gasteiger partial charge on any atom is 0.411 e. The third kappa shape index (κ3) is 4.37. The van der Waals surface area contributed by atoms with Crippen molar-refractivity contribution < 1.29 is 14.8 Å². The van der Waals surface area contributed by atoms with Gasteiger partial charge in [-0.05, 0) is 61.4 Å². The second-order valence-electron chi connectivity index (χ2n) is 14.0. The molecule has 9 rings (SSSR count). The molecule has 0 radical (unpaired) electrons. The van der Waals surface area contributed by atoms with Crippen LogP contribution in [0.4, 0.5) is 4.79 Å². The van der Waals surface area contributed by atoms with E-state index in [0.717, 1.165) is 57.6 Å². The molecule has 3 fully saturated rings. The van der Waals surface area contributed by atoms with E-state index in [1.807, 2.05) is 27.0 Å². The lowest BCUT2D eigenvalue weighted by atomic mass is 9.99. The molecule has 0 spiro atoms. The van der Waals surface area contributed by atoms with Gasteiger partial charge in [-0.25, -0.2) is 14.8 Å². The van der Waals surface area contributed by atoms with Crippen molar-refractivity contribution in [3.05, 3.63) is 72.4 Å². The van der Waals surface area contributed by atoms with E-state index in [1.54, 1.807) is 4.90 Å². The van der Waals surface area contributed by atoms with Crippen LogP contribution in [0.15, 0.2) is 60.8 Å². The molecule has 2 aliphatic carbocycles. The summed E-state index contributed by atoms with van der Waals surface area (Å²) >= 11 is 0. The molecule has 2 aliphatic heterocycles. The van der Waals surface area contributed by atoms with Gasteiger partial charge in [0.15, 0.2) is 11.9 Å². The van der Waals surface area contributed by atoms with Gasteiger partial charge < -0.3 is 20.0 Å². The van der Waals surface area contributed by atoms with Crippen molar-refractivity contribution in [2.45, 2.75) is 69.8 Å². The minimum atomic E-state index is -0.569. The number of nitrogens with one attached hydrogen (secondary N) is 2. The average Bonchev–Trinajstić information content (AvgIpc) is 3.73. The molecule has 8 nitrogen and oxygen atoms in total. The van der Waals surface area contributed by atoms with Crippen molar-refractivity contribution >= 4 is 27.9 Å². The van der Waals surface area contributed by atoms with E-state index in [-0.39, 0.29) is 18.1 Å². The number of ether oxygens (including phenoxy) is 1. The van der Waals surface area contributed by atoms with Gasteiger partial charge in [0, 0.05) is 30.1 Å². The second kappa shape index (κ2) is 9.20. The molecular weight excluding hydrogens is 548 g/mol. The number of aromatic nitrogens is 4. The maximum atomic E-state index is 13.1. The number of fused-ring (bicyclic) bond motifs is 5. The molecule has 2 saturated carbocycles. The first kappa shape index (κ1) is 25.8. The van der Waals surface area contributed by atoms with E-state index in [0.29, 0.717) is 11.9 Å². The summed E-state index contributed by atoms with van der Waals surface area (Å²) < 4.78 is 5.72. The van der Waals surface area contributed by atoms with Crippen molar-refractivity contribution in [1.29, 1.82) is 0 Å². The average molecular weight is 584 g/mol. The summed E-state index contributed by atoms with van der Waals surface area (Å²) in [6, 6.07) is 20.4. The minimum Gasteiger partial charge on any atom is -0.444 e. The zero-order valence-electron chi connectivity index (χ0n) is 25.1. The summed E-state index contributed by atoms with van der Waals surface area (Å²) in [5.41, 5.74) is 5.84. The van der Waals surface area contributed by atoms with Crippen LogP contribution in [0.5, 0.6) is 0 Å². The fraction of sp³-hybridized carbons (Fsp3) is 0.361. The van der Waals surface area contributed by atoms with Crippen molar-refractivity contribution in [1.82, 2.24) is 24.8 Å². The van der Waals surface area contributed by atoms with Gasteiger partial charge in [0.05, 0.1) is 35.0 Å². The molecule has 3 aromatic carbocycles. The number of carbonyl (C=O) groups is 1. The number of quaternary nitrogens is 1. The zero-order valence-corrected chi connectivity index (χ0v) is 25.1. The van der Waals surface area contributed by atoms with E-state index in [4.69, 9.17) is 9.72 Å². The van der Waals surface area contributed by atoms with Gasteiger partial charge in [0.25, 0.3) is 0 Å². The molecule has 44 heavy (non-hydrogen) atoms. The Morgan fingerprint density at radius 1 is 0.955 bits per heavy atom. The van der Waals surface area contributed by atoms with Crippen LogP contribution in [0.25, 0.3) is 44.2 Å². The van der Waals surface area contributed by atoms with E-state index >= 15 is 0 Å². The fourth-order valence-corrected chi connectivity index (χ4v) is 7.17. The third-order valence-electron chi connectivity index (χ3n) is 9.64. The number of nitrogens with two attached hydrogens (primary N) is 1. The highest BCUT2D eigenvalue weighted by Gasteiger charge is 2.52.